The quantitative estimate of drug-likeness (QED) is 0.560. The van der Waals surface area contributed by atoms with Crippen molar-refractivity contribution in [3.63, 3.8) is 0 Å². The fourth-order valence-electron chi connectivity index (χ4n) is 1.10. The summed E-state index contributed by atoms with van der Waals surface area (Å²) in [5.41, 5.74) is 5.42. The van der Waals surface area contributed by atoms with E-state index in [4.69, 9.17) is 18.0 Å². The molecular weight excluding hydrogens is 209 g/mol. The molecule has 0 heterocycles. The van der Waals surface area contributed by atoms with Crippen molar-refractivity contribution in [3.8, 4) is 0 Å². The fourth-order valence-corrected chi connectivity index (χ4v) is 2.10. The second-order valence-electron chi connectivity index (χ2n) is 3.05. The van der Waals surface area contributed by atoms with Crippen molar-refractivity contribution >= 4 is 57.9 Å². The van der Waals surface area contributed by atoms with Crippen LogP contribution in [0.3, 0.4) is 0 Å². The Bertz CT molecular complexity index is 131. The van der Waals surface area contributed by atoms with Crippen LogP contribution in [0, 0.1) is 5.92 Å². The van der Waals surface area contributed by atoms with Crippen LogP contribution in [0.2, 0.25) is 0 Å². The van der Waals surface area contributed by atoms with E-state index in [9.17, 15) is 0 Å². The molecule has 74 valence electrons. The van der Waals surface area contributed by atoms with Crippen molar-refractivity contribution in [3.05, 3.63) is 0 Å². The van der Waals surface area contributed by atoms with E-state index in [1.807, 2.05) is 0 Å². The Balaban J connectivity index is 0. The summed E-state index contributed by atoms with van der Waals surface area (Å²) in [5.74, 6) is 1.91. The molecule has 0 fully saturated rings. The third kappa shape index (κ3) is 11.2. The predicted molar refractivity (Wildman–Crippen MR) is 69.7 cm³/mol. The normalized spacial score (nSPS) is 11.8. The van der Waals surface area contributed by atoms with Gasteiger partial charge in [-0.2, -0.15) is 0 Å². The first kappa shape index (κ1) is 16.7. The van der Waals surface area contributed by atoms with Gasteiger partial charge in [-0.1, -0.05) is 57.1 Å². The molecule has 1 unspecified atom stereocenters. The van der Waals surface area contributed by atoms with Crippen molar-refractivity contribution in [2.45, 2.75) is 39.5 Å². The van der Waals surface area contributed by atoms with Gasteiger partial charge in [-0.3, -0.25) is 0 Å². The molecule has 0 saturated carbocycles. The van der Waals surface area contributed by atoms with Gasteiger partial charge >= 0.3 is 29.6 Å². The second-order valence-corrected chi connectivity index (χ2v) is 4.81. The van der Waals surface area contributed by atoms with Crippen molar-refractivity contribution in [1.82, 2.24) is 0 Å². The molecule has 0 bridgehead atoms. The van der Waals surface area contributed by atoms with Crippen molar-refractivity contribution in [2.75, 3.05) is 5.75 Å². The van der Waals surface area contributed by atoms with E-state index in [-0.39, 0.29) is 29.6 Å². The summed E-state index contributed by atoms with van der Waals surface area (Å²) in [7, 11) is 0. The van der Waals surface area contributed by atoms with Crippen LogP contribution in [0.4, 0.5) is 0 Å². The summed E-state index contributed by atoms with van der Waals surface area (Å²) in [4.78, 5) is 0. The van der Waals surface area contributed by atoms with E-state index in [1.54, 1.807) is 11.8 Å². The van der Waals surface area contributed by atoms with Crippen LogP contribution in [-0.2, 0) is 0 Å². The number of unbranched alkanes of at least 4 members (excludes halogenated alkanes) is 1. The van der Waals surface area contributed by atoms with Gasteiger partial charge in [-0.25, -0.2) is 0 Å². The van der Waals surface area contributed by atoms with E-state index in [1.165, 1.54) is 25.7 Å². The number of thioether (sulfide) groups is 1. The van der Waals surface area contributed by atoms with Gasteiger partial charge in [0.15, 0.2) is 0 Å². The van der Waals surface area contributed by atoms with E-state index in [0.717, 1.165) is 11.7 Å². The summed E-state index contributed by atoms with van der Waals surface area (Å²) >= 11 is 6.44. The Labute approximate surface area is 114 Å². The Kier molecular flexibility index (Phi) is 14.5. The number of thiocarbonyl (C=S) groups is 1. The average Bonchev–Trinajstić information content (AvgIpc) is 2.05. The Morgan fingerprint density at radius 1 is 1.46 bits per heavy atom. The summed E-state index contributed by atoms with van der Waals surface area (Å²) in [6.07, 6.45) is 5.18. The first-order valence-electron chi connectivity index (χ1n) is 4.62. The van der Waals surface area contributed by atoms with Gasteiger partial charge in [0.1, 0.15) is 4.32 Å². The minimum atomic E-state index is 0. The van der Waals surface area contributed by atoms with E-state index < -0.39 is 0 Å². The van der Waals surface area contributed by atoms with Crippen molar-refractivity contribution in [1.29, 1.82) is 0 Å². The Morgan fingerprint density at radius 2 is 2.08 bits per heavy atom. The van der Waals surface area contributed by atoms with Gasteiger partial charge in [0, 0.05) is 5.75 Å². The van der Waals surface area contributed by atoms with Crippen molar-refractivity contribution in [2.24, 2.45) is 11.7 Å². The molecule has 0 saturated heterocycles. The molecule has 1 atom stereocenters. The zero-order valence-corrected chi connectivity index (χ0v) is 9.64. The van der Waals surface area contributed by atoms with Gasteiger partial charge in [0.25, 0.3) is 0 Å². The molecule has 0 spiro atoms. The predicted octanol–water partition coefficient (Wildman–Crippen LogP) is 2.53. The van der Waals surface area contributed by atoms with Crippen LogP contribution in [0.5, 0.6) is 0 Å². The van der Waals surface area contributed by atoms with Crippen LogP contribution >= 0.6 is 24.0 Å². The maximum atomic E-state index is 5.42. The third-order valence-electron chi connectivity index (χ3n) is 2.00. The molecule has 0 aliphatic heterocycles. The molecule has 0 amide bonds. The first-order chi connectivity index (χ1) is 5.70. The Morgan fingerprint density at radius 3 is 2.46 bits per heavy atom. The van der Waals surface area contributed by atoms with Crippen LogP contribution < -0.4 is 5.73 Å². The third-order valence-corrected chi connectivity index (χ3v) is 3.28. The molecule has 0 aromatic heterocycles. The molecule has 0 rings (SSSR count). The molecule has 13 heavy (non-hydrogen) atoms. The molecule has 0 aromatic rings. The topological polar surface area (TPSA) is 26.0 Å². The van der Waals surface area contributed by atoms with Crippen LogP contribution in [0.1, 0.15) is 39.5 Å². The molecule has 2 N–H and O–H groups in total. The summed E-state index contributed by atoms with van der Waals surface area (Å²) in [6.45, 7) is 4.47. The summed E-state index contributed by atoms with van der Waals surface area (Å²) in [6, 6.07) is 0. The number of nitrogens with two attached hydrogens (primary N) is 1. The van der Waals surface area contributed by atoms with Crippen LogP contribution in [0.25, 0.3) is 0 Å². The van der Waals surface area contributed by atoms with Gasteiger partial charge in [-0.15, -0.1) is 0 Å². The summed E-state index contributed by atoms with van der Waals surface area (Å²) in [5, 5.41) is 0. The van der Waals surface area contributed by atoms with Gasteiger partial charge < -0.3 is 5.73 Å². The number of hydrogen-bond donors (Lipinski definition) is 1. The summed E-state index contributed by atoms with van der Waals surface area (Å²) < 4.78 is 0.588. The molecule has 4 heteroatoms. The Hall–Kier alpha value is 1.24. The molecule has 0 radical (unpaired) electrons. The number of hydrogen-bond acceptors (Lipinski definition) is 2. The number of rotatable bonds is 6. The van der Waals surface area contributed by atoms with Crippen molar-refractivity contribution < 1.29 is 0 Å². The van der Waals surface area contributed by atoms with Crippen LogP contribution in [0.15, 0.2) is 0 Å². The SMILES string of the molecule is CCCCC(CC)CSC(N)=S.[NaH]. The zero-order chi connectivity index (χ0) is 9.40. The molecular formula is C9H20NNaS2. The first-order valence-corrected chi connectivity index (χ1v) is 6.02. The van der Waals surface area contributed by atoms with E-state index in [0.29, 0.717) is 4.32 Å². The average molecular weight is 229 g/mol. The maximum absolute atomic E-state index is 5.42. The molecule has 0 aromatic carbocycles. The van der Waals surface area contributed by atoms with E-state index >= 15 is 0 Å². The standard InChI is InChI=1S/C9H19NS2.Na.H/c1-3-5-6-8(4-2)7-12-9(10)11;;/h8H,3-7H2,1-2H3,(H2,10,11);;. The monoisotopic (exact) mass is 229 g/mol. The minimum absolute atomic E-state index is 0. The molecule has 1 nitrogen and oxygen atoms in total. The molecule has 0 aliphatic rings. The van der Waals surface area contributed by atoms with E-state index in [2.05, 4.69) is 13.8 Å². The van der Waals surface area contributed by atoms with Gasteiger partial charge in [0.2, 0.25) is 0 Å². The van der Waals surface area contributed by atoms with Gasteiger partial charge in [-0.05, 0) is 12.3 Å². The van der Waals surface area contributed by atoms with Crippen LogP contribution in [-0.4, -0.2) is 39.6 Å². The van der Waals surface area contributed by atoms with Gasteiger partial charge in [0.05, 0.1) is 0 Å². The zero-order valence-electron chi connectivity index (χ0n) is 8.01. The second kappa shape index (κ2) is 11.3. The molecule has 0 aliphatic carbocycles. The fraction of sp³-hybridized carbons (Fsp3) is 0.889.